The molecule has 0 radical (unpaired) electrons. The Morgan fingerprint density at radius 2 is 2.06 bits per heavy atom. The van der Waals surface area contributed by atoms with Crippen LogP contribution in [-0.4, -0.2) is 36.5 Å². The number of carbonyl (C=O) groups excluding carboxylic acids is 1. The van der Waals surface area contributed by atoms with E-state index in [9.17, 15) is 4.79 Å². The van der Waals surface area contributed by atoms with Crippen molar-refractivity contribution in [2.24, 2.45) is 5.92 Å². The van der Waals surface area contributed by atoms with E-state index in [1.165, 1.54) is 3.57 Å². The molecule has 0 saturated carbocycles. The van der Waals surface area contributed by atoms with Crippen molar-refractivity contribution in [2.75, 3.05) is 19.6 Å². The molecule has 2 aliphatic heterocycles. The highest BCUT2D eigenvalue weighted by molar-refractivity contribution is 14.1. The Kier molecular flexibility index (Phi) is 3.08. The van der Waals surface area contributed by atoms with Crippen molar-refractivity contribution in [3.8, 4) is 0 Å². The maximum absolute atomic E-state index is 12.4. The fraction of sp³-hybridized carbons (Fsp3) is 0.462. The summed E-state index contributed by atoms with van der Waals surface area (Å²) < 4.78 is 1.17. The fourth-order valence-corrected chi connectivity index (χ4v) is 3.22. The van der Waals surface area contributed by atoms with E-state index in [1.54, 1.807) is 0 Å². The quantitative estimate of drug-likeness (QED) is 0.789. The van der Waals surface area contributed by atoms with Crippen molar-refractivity contribution >= 4 is 28.5 Å². The second-order valence-corrected chi connectivity index (χ2v) is 6.03. The van der Waals surface area contributed by atoms with Gasteiger partial charge >= 0.3 is 0 Å². The lowest BCUT2D eigenvalue weighted by Gasteiger charge is -2.23. The third kappa shape index (κ3) is 2.08. The topological polar surface area (TPSA) is 32.3 Å². The van der Waals surface area contributed by atoms with Crippen LogP contribution in [0.3, 0.4) is 0 Å². The number of amides is 1. The lowest BCUT2D eigenvalue weighted by molar-refractivity contribution is 0.0737. The van der Waals surface area contributed by atoms with Crippen LogP contribution in [0.25, 0.3) is 0 Å². The highest BCUT2D eigenvalue weighted by Crippen LogP contribution is 2.28. The maximum Gasteiger partial charge on any atom is 0.254 e. The van der Waals surface area contributed by atoms with Gasteiger partial charge in [-0.3, -0.25) is 4.79 Å². The minimum Gasteiger partial charge on any atom is -0.334 e. The van der Waals surface area contributed by atoms with Gasteiger partial charge in [-0.2, -0.15) is 0 Å². The molecule has 1 N–H and O–H groups in total. The van der Waals surface area contributed by atoms with E-state index in [-0.39, 0.29) is 5.91 Å². The van der Waals surface area contributed by atoms with E-state index >= 15 is 0 Å². The van der Waals surface area contributed by atoms with Gasteiger partial charge in [-0.25, -0.2) is 0 Å². The Morgan fingerprint density at radius 3 is 2.82 bits per heavy atom. The zero-order valence-electron chi connectivity index (χ0n) is 9.53. The van der Waals surface area contributed by atoms with Gasteiger partial charge in [0.05, 0.1) is 0 Å². The van der Waals surface area contributed by atoms with E-state index in [0.717, 1.165) is 31.6 Å². The molecule has 3 rings (SSSR count). The maximum atomic E-state index is 12.4. The molecule has 0 unspecified atom stereocenters. The number of fused-ring (bicyclic) bond motifs is 1. The van der Waals surface area contributed by atoms with Crippen LogP contribution in [0.5, 0.6) is 0 Å². The van der Waals surface area contributed by atoms with Crippen molar-refractivity contribution in [2.45, 2.75) is 12.5 Å². The number of nitrogens with one attached hydrogen (secondary N) is 1. The van der Waals surface area contributed by atoms with Gasteiger partial charge in [0.1, 0.15) is 0 Å². The SMILES string of the molecule is O=C(c1ccc(I)cc1)N1CC[C@H]2CNC[C@H]21. The number of rotatable bonds is 1. The number of hydrogen-bond donors (Lipinski definition) is 1. The molecule has 0 aromatic heterocycles. The number of carbonyl (C=O) groups is 1. The average Bonchev–Trinajstić information content (AvgIpc) is 2.90. The van der Waals surface area contributed by atoms with Gasteiger partial charge < -0.3 is 10.2 Å². The van der Waals surface area contributed by atoms with Crippen molar-refractivity contribution in [3.05, 3.63) is 33.4 Å². The summed E-state index contributed by atoms with van der Waals surface area (Å²) in [5.74, 6) is 0.861. The fourth-order valence-electron chi connectivity index (χ4n) is 2.86. The molecule has 90 valence electrons. The summed E-state index contributed by atoms with van der Waals surface area (Å²) >= 11 is 2.26. The monoisotopic (exact) mass is 342 g/mol. The molecule has 1 aromatic carbocycles. The molecular formula is C13H15IN2O. The van der Waals surface area contributed by atoms with E-state index in [2.05, 4.69) is 27.9 Å². The normalized spacial score (nSPS) is 27.2. The molecule has 4 heteroatoms. The van der Waals surface area contributed by atoms with Crippen molar-refractivity contribution in [1.29, 1.82) is 0 Å². The van der Waals surface area contributed by atoms with Crippen LogP contribution in [0.1, 0.15) is 16.8 Å². The van der Waals surface area contributed by atoms with E-state index in [0.29, 0.717) is 12.0 Å². The van der Waals surface area contributed by atoms with Crippen LogP contribution in [0.2, 0.25) is 0 Å². The van der Waals surface area contributed by atoms with Gasteiger partial charge in [0, 0.05) is 34.8 Å². The number of nitrogens with zero attached hydrogens (tertiary/aromatic N) is 1. The van der Waals surface area contributed by atoms with Gasteiger partial charge in [-0.1, -0.05) is 0 Å². The predicted molar refractivity (Wildman–Crippen MR) is 75.0 cm³/mol. The zero-order chi connectivity index (χ0) is 11.8. The van der Waals surface area contributed by atoms with Crippen molar-refractivity contribution in [3.63, 3.8) is 0 Å². The molecule has 2 aliphatic rings. The molecule has 2 saturated heterocycles. The first kappa shape index (κ1) is 11.5. The first-order valence-corrected chi connectivity index (χ1v) is 7.11. The second kappa shape index (κ2) is 4.57. The Balaban J connectivity index is 1.80. The van der Waals surface area contributed by atoms with Crippen LogP contribution in [0.15, 0.2) is 24.3 Å². The summed E-state index contributed by atoms with van der Waals surface area (Å²) in [5, 5.41) is 3.37. The van der Waals surface area contributed by atoms with Crippen LogP contribution in [-0.2, 0) is 0 Å². The van der Waals surface area contributed by atoms with E-state index in [4.69, 9.17) is 0 Å². The summed E-state index contributed by atoms with van der Waals surface area (Å²) in [4.78, 5) is 14.4. The molecule has 0 aliphatic carbocycles. The van der Waals surface area contributed by atoms with E-state index in [1.807, 2.05) is 29.2 Å². The second-order valence-electron chi connectivity index (χ2n) is 4.78. The first-order chi connectivity index (χ1) is 8.25. The Hall–Kier alpha value is -0.620. The molecular weight excluding hydrogens is 327 g/mol. The zero-order valence-corrected chi connectivity index (χ0v) is 11.7. The molecule has 2 heterocycles. The highest BCUT2D eigenvalue weighted by atomic mass is 127. The van der Waals surface area contributed by atoms with Gasteiger partial charge in [0.25, 0.3) is 5.91 Å². The van der Waals surface area contributed by atoms with Crippen molar-refractivity contribution < 1.29 is 4.79 Å². The van der Waals surface area contributed by atoms with Gasteiger partial charge in [-0.05, 0) is 59.2 Å². The third-order valence-electron chi connectivity index (χ3n) is 3.80. The third-order valence-corrected chi connectivity index (χ3v) is 4.52. The highest BCUT2D eigenvalue weighted by Gasteiger charge is 2.39. The molecule has 3 nitrogen and oxygen atoms in total. The Bertz CT molecular complexity index is 432. The lowest BCUT2D eigenvalue weighted by Crippen LogP contribution is -2.39. The molecule has 2 fully saturated rings. The number of hydrogen-bond acceptors (Lipinski definition) is 2. The molecule has 0 bridgehead atoms. The summed E-state index contributed by atoms with van der Waals surface area (Å²) in [6, 6.07) is 8.27. The predicted octanol–water partition coefficient (Wildman–Crippen LogP) is 1.73. The van der Waals surface area contributed by atoms with Gasteiger partial charge in [-0.15, -0.1) is 0 Å². The summed E-state index contributed by atoms with van der Waals surface area (Å²) in [7, 11) is 0. The standard InChI is InChI=1S/C13H15IN2O/c14-11-3-1-9(2-4-11)13(17)16-6-5-10-7-15-8-12(10)16/h1-4,10,12,15H,5-8H2/t10-,12+/m0/s1. The van der Waals surface area contributed by atoms with Gasteiger partial charge in [0.2, 0.25) is 0 Å². The molecule has 1 amide bonds. The minimum atomic E-state index is 0.192. The molecule has 1 aromatic rings. The Labute approximate surface area is 115 Å². The largest absolute Gasteiger partial charge is 0.334 e. The lowest BCUT2D eigenvalue weighted by atomic mass is 10.0. The van der Waals surface area contributed by atoms with E-state index < -0.39 is 0 Å². The number of likely N-dealkylation sites (tertiary alicyclic amines) is 1. The van der Waals surface area contributed by atoms with Crippen molar-refractivity contribution in [1.82, 2.24) is 10.2 Å². The van der Waals surface area contributed by atoms with Crippen LogP contribution >= 0.6 is 22.6 Å². The first-order valence-electron chi connectivity index (χ1n) is 6.03. The Morgan fingerprint density at radius 1 is 1.29 bits per heavy atom. The molecule has 2 atom stereocenters. The number of benzene rings is 1. The molecule has 17 heavy (non-hydrogen) atoms. The van der Waals surface area contributed by atoms with Gasteiger partial charge in [0.15, 0.2) is 0 Å². The average molecular weight is 342 g/mol. The van der Waals surface area contributed by atoms with Crippen LogP contribution in [0.4, 0.5) is 0 Å². The minimum absolute atomic E-state index is 0.192. The summed E-state index contributed by atoms with van der Waals surface area (Å²) in [5.41, 5.74) is 0.818. The molecule has 0 spiro atoms. The van der Waals surface area contributed by atoms with Crippen LogP contribution < -0.4 is 5.32 Å². The number of halogens is 1. The summed E-state index contributed by atoms with van der Waals surface area (Å²) in [6.45, 7) is 2.95. The smallest absolute Gasteiger partial charge is 0.254 e. The summed E-state index contributed by atoms with van der Waals surface area (Å²) in [6.07, 6.45) is 1.15. The van der Waals surface area contributed by atoms with Crippen LogP contribution in [0, 0.1) is 9.49 Å².